The zero-order valence-corrected chi connectivity index (χ0v) is 79.7. The van der Waals surface area contributed by atoms with E-state index in [-0.39, 0.29) is 0 Å². The van der Waals surface area contributed by atoms with E-state index in [1.807, 2.05) is 72.0 Å². The van der Waals surface area contributed by atoms with Crippen LogP contribution in [0.2, 0.25) is 0 Å². The molecule has 0 bridgehead atoms. The van der Waals surface area contributed by atoms with Gasteiger partial charge in [0.2, 0.25) is 0 Å². The van der Waals surface area contributed by atoms with Crippen LogP contribution in [0.5, 0.6) is 0 Å². The molecule has 11 aromatic heterocycles. The van der Waals surface area contributed by atoms with Gasteiger partial charge in [-0.1, -0.05) is 309 Å². The van der Waals surface area contributed by atoms with Crippen molar-refractivity contribution in [3.05, 3.63) is 449 Å². The molecular weight excluding hydrogens is 1830 g/mol. The first-order valence-corrected chi connectivity index (χ1v) is 51.1. The van der Waals surface area contributed by atoms with Crippen molar-refractivity contribution in [3.8, 4) is 102 Å². The number of nitrogens with zero attached hydrogens (tertiary/aromatic N) is 12. The summed E-state index contributed by atoms with van der Waals surface area (Å²) in [6, 6.07) is 161. The SMILES string of the molecule is c1ccc2c(c1)-c1nc3ccccc3nc1-n1c3ccccc3c3cc(-n4c5ccccc5c5c6ccccc6c6c7ccccc7sc6c54)cc-2c31.c1ccc2c(c1)-c1nc3ccccc3nc1-n1c3ccccc3c3cc(-n4c5ccccc5c5c6ccccc6ccc54)cc-2c31.c1ccc2c(c1)-c1nc3ccccc3nc1-n1c3ccccc3c3cc(-n4c5ccccc5c5cc6c(cc54)oc4ccccc46)cc-2c31. The van der Waals surface area contributed by atoms with Gasteiger partial charge in [0.15, 0.2) is 17.5 Å². The number of hydrogen-bond acceptors (Lipinski definition) is 8. The quantitative estimate of drug-likeness (QED) is 0.173. The van der Waals surface area contributed by atoms with E-state index in [1.165, 1.54) is 140 Å². The first-order chi connectivity index (χ1) is 73.4. The summed E-state index contributed by atoms with van der Waals surface area (Å²) >= 11 is 1.90. The molecule has 3 aliphatic heterocycles. The molecular formula is C134H74N12OS. The first kappa shape index (κ1) is 79.8. The van der Waals surface area contributed by atoms with Crippen molar-refractivity contribution in [1.82, 2.24) is 57.3 Å². The van der Waals surface area contributed by atoms with E-state index in [4.69, 9.17) is 34.3 Å². The van der Waals surface area contributed by atoms with Gasteiger partial charge in [-0.2, -0.15) is 0 Å². The molecule has 0 atom stereocenters. The molecule has 3 aliphatic rings. The Morgan fingerprint density at radius 2 is 0.514 bits per heavy atom. The van der Waals surface area contributed by atoms with Gasteiger partial charge in [-0.3, -0.25) is 13.7 Å². The Bertz CT molecular complexity index is 11800. The van der Waals surface area contributed by atoms with Crippen LogP contribution in [0.25, 0.3) is 329 Å². The molecule has 0 saturated heterocycles. The molecule has 0 spiro atoms. The van der Waals surface area contributed by atoms with Gasteiger partial charge < -0.3 is 18.1 Å². The predicted molar refractivity (Wildman–Crippen MR) is 613 cm³/mol. The molecule has 0 N–H and O–H groups in total. The Kier molecular flexibility index (Phi) is 16.1. The van der Waals surface area contributed by atoms with E-state index >= 15 is 0 Å². The van der Waals surface area contributed by atoms with Gasteiger partial charge in [-0.25, -0.2) is 29.9 Å². The molecule has 682 valence electrons. The number of benzene rings is 22. The van der Waals surface area contributed by atoms with Crippen molar-refractivity contribution < 1.29 is 4.42 Å². The van der Waals surface area contributed by atoms with Gasteiger partial charge in [0.25, 0.3) is 0 Å². The molecule has 33 aromatic rings. The molecule has 0 saturated carbocycles. The normalized spacial score (nSPS) is 12.5. The van der Waals surface area contributed by atoms with Crippen LogP contribution in [0.4, 0.5) is 0 Å². The fourth-order valence-corrected chi connectivity index (χ4v) is 26.8. The molecule has 13 nitrogen and oxygen atoms in total. The summed E-state index contributed by atoms with van der Waals surface area (Å²) in [5, 5.41) is 24.7. The summed E-state index contributed by atoms with van der Waals surface area (Å²) < 4.78 is 23.5. The van der Waals surface area contributed by atoms with Crippen LogP contribution in [0.3, 0.4) is 0 Å². The second kappa shape index (κ2) is 29.9. The Morgan fingerprint density at radius 1 is 0.176 bits per heavy atom. The Labute approximate surface area is 845 Å². The summed E-state index contributed by atoms with van der Waals surface area (Å²) in [4.78, 5) is 31.8. The minimum absolute atomic E-state index is 0.855. The van der Waals surface area contributed by atoms with Crippen LogP contribution in [-0.4, -0.2) is 57.3 Å². The predicted octanol–water partition coefficient (Wildman–Crippen LogP) is 35.0. The number of fused-ring (bicyclic) bond motifs is 48. The number of thiophene rings is 1. The van der Waals surface area contributed by atoms with Gasteiger partial charge in [-0.05, 0) is 172 Å². The fourth-order valence-electron chi connectivity index (χ4n) is 25.5. The highest BCUT2D eigenvalue weighted by atomic mass is 32.1. The number of rotatable bonds is 3. The second-order valence-electron chi connectivity index (χ2n) is 39.3. The van der Waals surface area contributed by atoms with Crippen molar-refractivity contribution in [2.45, 2.75) is 0 Å². The van der Waals surface area contributed by atoms with E-state index in [1.54, 1.807) is 0 Å². The summed E-state index contributed by atoms with van der Waals surface area (Å²) in [7, 11) is 0. The number of aromatic nitrogens is 12. The van der Waals surface area contributed by atoms with E-state index in [0.29, 0.717) is 0 Å². The van der Waals surface area contributed by atoms with Crippen molar-refractivity contribution in [2.24, 2.45) is 0 Å². The van der Waals surface area contributed by atoms with Gasteiger partial charge in [-0.15, -0.1) is 11.3 Å². The van der Waals surface area contributed by atoms with Crippen LogP contribution >= 0.6 is 11.3 Å². The fraction of sp³-hybridized carbons (Fsp3) is 0. The third-order valence-corrected chi connectivity index (χ3v) is 32.8. The van der Waals surface area contributed by atoms with Crippen molar-refractivity contribution in [3.63, 3.8) is 0 Å². The maximum absolute atomic E-state index is 6.43. The lowest BCUT2D eigenvalue weighted by molar-refractivity contribution is 0.669. The molecule has 22 aromatic carbocycles. The Morgan fingerprint density at radius 3 is 0.993 bits per heavy atom. The van der Waals surface area contributed by atoms with E-state index < -0.39 is 0 Å². The molecule has 36 rings (SSSR count). The Hall–Kier alpha value is -19.8. The minimum Gasteiger partial charge on any atom is -0.456 e. The number of para-hydroxylation sites is 13. The summed E-state index contributed by atoms with van der Waals surface area (Å²) in [6.45, 7) is 0. The average molecular weight is 1900 g/mol. The molecule has 0 radical (unpaired) electrons. The van der Waals surface area contributed by atoms with E-state index in [9.17, 15) is 0 Å². The monoisotopic (exact) mass is 1900 g/mol. The number of furan rings is 1. The van der Waals surface area contributed by atoms with Crippen LogP contribution in [-0.2, 0) is 0 Å². The number of hydrogen-bond donors (Lipinski definition) is 0. The second-order valence-corrected chi connectivity index (χ2v) is 40.3. The summed E-state index contributed by atoms with van der Waals surface area (Å²) in [6.07, 6.45) is 0. The van der Waals surface area contributed by atoms with Gasteiger partial charge in [0, 0.05) is 147 Å². The third kappa shape index (κ3) is 10.9. The molecule has 0 fully saturated rings. The molecule has 148 heavy (non-hydrogen) atoms. The van der Waals surface area contributed by atoms with Crippen molar-refractivity contribution in [1.29, 1.82) is 0 Å². The van der Waals surface area contributed by atoms with Crippen LogP contribution < -0.4 is 0 Å². The maximum atomic E-state index is 6.43. The Balaban J connectivity index is 0.0000000951. The average Bonchev–Trinajstić information content (AvgIpc) is 1.53. The third-order valence-electron chi connectivity index (χ3n) is 31.6. The molecule has 0 unspecified atom stereocenters. The molecule has 14 heterocycles. The van der Waals surface area contributed by atoms with Gasteiger partial charge in [0.05, 0.1) is 104 Å². The highest BCUT2D eigenvalue weighted by Crippen LogP contribution is 2.56. The van der Waals surface area contributed by atoms with Crippen LogP contribution in [0.1, 0.15) is 0 Å². The lowest BCUT2D eigenvalue weighted by Gasteiger charge is -2.14. The highest BCUT2D eigenvalue weighted by molar-refractivity contribution is 7.27. The standard InChI is InChI=1S/C48H26N4S.C44H24N4O.C42H24N4/c1-4-17-32-28(13-1)35-25-27(26-36-29-14-5-10-22-39(29)52(45(35)36)48-44(32)49-37-20-8-9-21-38(37)50-48)51-40-23-11-6-18-33(40)42-30-15-2-3-16-31(30)43-34-19-7-12-24-41(34)53-47(43)46(42)51;1-2-15-30-26(11-1)33-21-25(47-37-18-8-3-12-27(37)31-23-32-29-14-5-10-20-40(29)49-41(32)24-39(31)47)22-34-28-13-4-9-19-38(28)48(43(33)34)44-42(30)45-35-16-6-7-17-36(35)46-44;1-2-12-27-25(11-1)21-22-38-39(27)31-16-6-10-20-37(31)45(38)26-23-32-28-13-3-4-15-30(28)40-42(44-35-18-8-7-17-34(35)43-40)46-36-19-9-5-14-29(36)33(24-26)41(32)46/h1-26H;1-24H;1-24H. The highest BCUT2D eigenvalue weighted by Gasteiger charge is 2.35. The van der Waals surface area contributed by atoms with Crippen molar-refractivity contribution >= 4 is 239 Å². The van der Waals surface area contributed by atoms with Gasteiger partial charge >= 0.3 is 0 Å². The lowest BCUT2D eigenvalue weighted by Crippen LogP contribution is -2.02. The maximum Gasteiger partial charge on any atom is 0.165 e. The van der Waals surface area contributed by atoms with E-state index in [2.05, 4.69) is 416 Å². The molecule has 14 heteroatoms. The zero-order chi connectivity index (χ0) is 96.1. The summed E-state index contributed by atoms with van der Waals surface area (Å²) in [5.41, 5.74) is 37.4. The summed E-state index contributed by atoms with van der Waals surface area (Å²) in [5.74, 6) is 2.59. The van der Waals surface area contributed by atoms with E-state index in [0.717, 1.165) is 190 Å². The topological polar surface area (TPSA) is 120 Å². The smallest absolute Gasteiger partial charge is 0.165 e. The molecule has 0 amide bonds. The van der Waals surface area contributed by atoms with Crippen molar-refractivity contribution in [2.75, 3.05) is 0 Å². The first-order valence-electron chi connectivity index (χ1n) is 50.3. The lowest BCUT2D eigenvalue weighted by atomic mass is 9.95. The largest absolute Gasteiger partial charge is 0.456 e. The zero-order valence-electron chi connectivity index (χ0n) is 78.9. The van der Waals surface area contributed by atoms with Crippen LogP contribution in [0.15, 0.2) is 453 Å². The molecule has 0 aliphatic carbocycles. The van der Waals surface area contributed by atoms with Gasteiger partial charge in [0.1, 0.15) is 28.2 Å². The minimum atomic E-state index is 0.855. The van der Waals surface area contributed by atoms with Crippen LogP contribution in [0, 0.1) is 0 Å².